The predicted octanol–water partition coefficient (Wildman–Crippen LogP) is 3.80. The number of rotatable bonds is 5. The van der Waals surface area contributed by atoms with E-state index < -0.39 is 0 Å². The Balaban J connectivity index is 0.00000196. The van der Waals surface area contributed by atoms with Crippen molar-refractivity contribution in [1.82, 2.24) is 14.9 Å². The van der Waals surface area contributed by atoms with Crippen molar-refractivity contribution in [1.29, 1.82) is 0 Å². The van der Waals surface area contributed by atoms with Crippen molar-refractivity contribution in [2.75, 3.05) is 19.6 Å². The molecular formula is C20H23ClN4S. The molecule has 6 heteroatoms. The highest BCUT2D eigenvalue weighted by molar-refractivity contribution is 7.15. The van der Waals surface area contributed by atoms with Crippen LogP contribution in [-0.2, 0) is 6.54 Å². The molecule has 1 aliphatic rings. The Morgan fingerprint density at radius 3 is 2.58 bits per heavy atom. The van der Waals surface area contributed by atoms with Crippen molar-refractivity contribution in [3.05, 3.63) is 71.5 Å². The average Bonchev–Trinajstić information content (AvgIpc) is 3.30. The van der Waals surface area contributed by atoms with E-state index in [-0.39, 0.29) is 12.4 Å². The average molecular weight is 387 g/mol. The highest BCUT2D eigenvalue weighted by Gasteiger charge is 2.32. The van der Waals surface area contributed by atoms with Crippen LogP contribution in [0, 0.1) is 5.92 Å². The Kier molecular flexibility index (Phi) is 6.38. The van der Waals surface area contributed by atoms with Crippen molar-refractivity contribution >= 4 is 23.7 Å². The molecule has 3 heterocycles. The lowest BCUT2D eigenvalue weighted by Crippen LogP contribution is -2.22. The molecule has 136 valence electrons. The van der Waals surface area contributed by atoms with Crippen molar-refractivity contribution in [3.63, 3.8) is 0 Å². The van der Waals surface area contributed by atoms with E-state index >= 15 is 0 Å². The second kappa shape index (κ2) is 8.73. The summed E-state index contributed by atoms with van der Waals surface area (Å²) >= 11 is 1.77. The molecule has 0 saturated carbocycles. The van der Waals surface area contributed by atoms with E-state index in [1.54, 1.807) is 11.3 Å². The highest BCUT2D eigenvalue weighted by Crippen LogP contribution is 2.34. The molecule has 4 nitrogen and oxygen atoms in total. The van der Waals surface area contributed by atoms with Crippen LogP contribution in [-0.4, -0.2) is 34.5 Å². The van der Waals surface area contributed by atoms with Crippen molar-refractivity contribution in [2.45, 2.75) is 12.5 Å². The normalized spacial score (nSPS) is 20.0. The van der Waals surface area contributed by atoms with Crippen LogP contribution < -0.4 is 5.73 Å². The van der Waals surface area contributed by atoms with Crippen molar-refractivity contribution < 1.29 is 0 Å². The summed E-state index contributed by atoms with van der Waals surface area (Å²) < 4.78 is 0. The van der Waals surface area contributed by atoms with Crippen LogP contribution in [0.4, 0.5) is 0 Å². The van der Waals surface area contributed by atoms with Crippen molar-refractivity contribution in [2.24, 2.45) is 11.7 Å². The number of halogens is 1. The first-order chi connectivity index (χ1) is 12.3. The first kappa shape index (κ1) is 19.0. The van der Waals surface area contributed by atoms with Gasteiger partial charge in [-0.25, -0.2) is 4.98 Å². The smallest absolute Gasteiger partial charge is 0.123 e. The lowest BCUT2D eigenvalue weighted by Gasteiger charge is -2.16. The molecule has 26 heavy (non-hydrogen) atoms. The summed E-state index contributed by atoms with van der Waals surface area (Å²) in [6.07, 6.45) is 5.63. The molecule has 0 radical (unpaired) electrons. The van der Waals surface area contributed by atoms with Gasteiger partial charge in [0.15, 0.2) is 0 Å². The summed E-state index contributed by atoms with van der Waals surface area (Å²) in [7, 11) is 0. The summed E-state index contributed by atoms with van der Waals surface area (Å²) in [5.41, 5.74) is 8.59. The molecule has 1 saturated heterocycles. The minimum Gasteiger partial charge on any atom is -0.330 e. The van der Waals surface area contributed by atoms with Gasteiger partial charge in [-0.3, -0.25) is 9.88 Å². The zero-order valence-electron chi connectivity index (χ0n) is 14.5. The molecule has 1 fully saturated rings. The minimum atomic E-state index is 0. The summed E-state index contributed by atoms with van der Waals surface area (Å²) in [4.78, 5) is 12.5. The van der Waals surface area contributed by atoms with E-state index in [0.29, 0.717) is 11.8 Å². The number of hydrogen-bond donors (Lipinski definition) is 1. The summed E-state index contributed by atoms with van der Waals surface area (Å²) in [5.74, 6) is 1.05. The van der Waals surface area contributed by atoms with Crippen molar-refractivity contribution in [3.8, 4) is 10.6 Å². The van der Waals surface area contributed by atoms with Gasteiger partial charge in [-0.15, -0.1) is 23.7 Å². The molecule has 2 aromatic heterocycles. The first-order valence-corrected chi connectivity index (χ1v) is 9.47. The van der Waals surface area contributed by atoms with Gasteiger partial charge in [0.05, 0.1) is 0 Å². The second-order valence-corrected chi connectivity index (χ2v) is 7.69. The SMILES string of the molecule is Cl.NC[C@@H]1CN(Cc2cnc(-c3ccncc3)s2)C[C@H]1c1ccccc1. The van der Waals surface area contributed by atoms with Gasteiger partial charge in [0.1, 0.15) is 5.01 Å². The monoisotopic (exact) mass is 386 g/mol. The maximum absolute atomic E-state index is 6.05. The zero-order valence-corrected chi connectivity index (χ0v) is 16.1. The molecule has 2 atom stereocenters. The Bertz CT molecular complexity index is 809. The Morgan fingerprint density at radius 1 is 1.08 bits per heavy atom. The van der Waals surface area contributed by atoms with Gasteiger partial charge in [0.2, 0.25) is 0 Å². The van der Waals surface area contributed by atoms with Crippen LogP contribution in [0.1, 0.15) is 16.4 Å². The third-order valence-corrected chi connectivity index (χ3v) is 5.94. The van der Waals surface area contributed by atoms with Gasteiger partial charge in [-0.2, -0.15) is 0 Å². The Labute approximate surface area is 164 Å². The maximum atomic E-state index is 6.05. The fraction of sp³-hybridized carbons (Fsp3) is 0.300. The Morgan fingerprint density at radius 2 is 1.85 bits per heavy atom. The minimum absolute atomic E-state index is 0. The lowest BCUT2D eigenvalue weighted by atomic mass is 9.89. The number of thiazole rings is 1. The van der Waals surface area contributed by atoms with Gasteiger partial charge >= 0.3 is 0 Å². The Hall–Kier alpha value is -1.79. The van der Waals surface area contributed by atoms with Crippen LogP contribution >= 0.6 is 23.7 Å². The van der Waals surface area contributed by atoms with Gasteiger partial charge in [0, 0.05) is 54.6 Å². The number of pyridine rings is 1. The molecule has 0 bridgehead atoms. The lowest BCUT2D eigenvalue weighted by molar-refractivity contribution is 0.319. The molecule has 3 aromatic rings. The first-order valence-electron chi connectivity index (χ1n) is 8.66. The molecule has 0 aliphatic carbocycles. The molecule has 0 amide bonds. The molecule has 2 N–H and O–H groups in total. The molecule has 1 aromatic carbocycles. The van der Waals surface area contributed by atoms with Gasteiger partial charge in [-0.05, 0) is 30.2 Å². The van der Waals surface area contributed by atoms with E-state index in [1.165, 1.54) is 10.4 Å². The molecule has 0 spiro atoms. The van der Waals surface area contributed by atoms with Gasteiger partial charge in [-0.1, -0.05) is 30.3 Å². The maximum Gasteiger partial charge on any atom is 0.123 e. The van der Waals surface area contributed by atoms with Crippen LogP contribution in [0.15, 0.2) is 61.1 Å². The number of nitrogens with zero attached hydrogens (tertiary/aromatic N) is 3. The standard InChI is InChI=1S/C20H22N4S.ClH/c21-10-17-12-24(14-19(17)15-4-2-1-3-5-15)13-18-11-23-20(25-18)16-6-8-22-9-7-16;/h1-9,11,17,19H,10,12-14,21H2;1H/t17-,19+;/m1./s1. The van der Waals surface area contributed by atoms with E-state index in [4.69, 9.17) is 5.73 Å². The van der Waals surface area contributed by atoms with Crippen LogP contribution in [0.25, 0.3) is 10.6 Å². The molecule has 4 rings (SSSR count). The number of hydrogen-bond acceptors (Lipinski definition) is 5. The fourth-order valence-corrected chi connectivity index (χ4v) is 4.60. The number of likely N-dealkylation sites (tertiary alicyclic amines) is 1. The highest BCUT2D eigenvalue weighted by atomic mass is 35.5. The van der Waals surface area contributed by atoms with E-state index in [0.717, 1.165) is 36.8 Å². The summed E-state index contributed by atoms with van der Waals surface area (Å²) in [6, 6.07) is 14.8. The predicted molar refractivity (Wildman–Crippen MR) is 110 cm³/mol. The van der Waals surface area contributed by atoms with Crippen LogP contribution in [0.2, 0.25) is 0 Å². The van der Waals surface area contributed by atoms with Gasteiger partial charge in [0.25, 0.3) is 0 Å². The summed E-state index contributed by atoms with van der Waals surface area (Å²) in [6.45, 7) is 3.80. The number of benzene rings is 1. The zero-order chi connectivity index (χ0) is 17.1. The third kappa shape index (κ3) is 4.13. The van der Waals surface area contributed by atoms with Gasteiger partial charge < -0.3 is 5.73 Å². The molecule has 1 aliphatic heterocycles. The second-order valence-electron chi connectivity index (χ2n) is 6.57. The quantitative estimate of drug-likeness (QED) is 0.724. The topological polar surface area (TPSA) is 55.0 Å². The summed E-state index contributed by atoms with van der Waals surface area (Å²) in [5, 5.41) is 1.06. The molecular weight excluding hydrogens is 364 g/mol. The largest absolute Gasteiger partial charge is 0.330 e. The van der Waals surface area contributed by atoms with E-state index in [2.05, 4.69) is 45.2 Å². The van der Waals surface area contributed by atoms with E-state index in [9.17, 15) is 0 Å². The van der Waals surface area contributed by atoms with Crippen LogP contribution in [0.5, 0.6) is 0 Å². The number of nitrogens with two attached hydrogens (primary N) is 1. The number of aromatic nitrogens is 2. The van der Waals surface area contributed by atoms with E-state index in [1.807, 2.05) is 30.7 Å². The fourth-order valence-electron chi connectivity index (χ4n) is 3.64. The third-order valence-electron chi connectivity index (χ3n) is 4.91. The van der Waals surface area contributed by atoms with Crippen LogP contribution in [0.3, 0.4) is 0 Å². The molecule has 0 unspecified atom stereocenters.